The lowest BCUT2D eigenvalue weighted by Gasteiger charge is -2.01. The first kappa shape index (κ1) is 10.3. The van der Waals surface area contributed by atoms with Crippen LogP contribution in [0.4, 0.5) is 5.82 Å². The number of thiophene rings is 1. The number of nitrogens with zero attached hydrogens (tertiary/aromatic N) is 2. The molecular formula is C9H6BrN3OS. The average molecular weight is 284 g/mol. The highest BCUT2D eigenvalue weighted by Crippen LogP contribution is 2.23. The maximum Gasteiger partial charge on any atom is 0.258 e. The Labute approximate surface area is 98.5 Å². The zero-order chi connectivity index (χ0) is 10.7. The van der Waals surface area contributed by atoms with Gasteiger partial charge in [-0.1, -0.05) is 0 Å². The van der Waals surface area contributed by atoms with Crippen LogP contribution in [0.25, 0.3) is 0 Å². The fourth-order valence-electron chi connectivity index (χ4n) is 1.00. The second-order valence-electron chi connectivity index (χ2n) is 2.65. The molecule has 1 amide bonds. The van der Waals surface area contributed by atoms with Crippen LogP contribution in [-0.4, -0.2) is 15.9 Å². The van der Waals surface area contributed by atoms with E-state index >= 15 is 0 Å². The molecule has 0 unspecified atom stereocenters. The molecule has 0 aliphatic carbocycles. The van der Waals surface area contributed by atoms with Crippen molar-refractivity contribution in [3.05, 3.63) is 39.4 Å². The van der Waals surface area contributed by atoms with Gasteiger partial charge in [-0.2, -0.15) is 0 Å². The minimum atomic E-state index is -0.191. The Morgan fingerprint density at radius 2 is 2.33 bits per heavy atom. The number of hydrogen-bond acceptors (Lipinski definition) is 4. The second-order valence-corrected chi connectivity index (χ2v) is 4.89. The van der Waals surface area contributed by atoms with Gasteiger partial charge in [-0.25, -0.2) is 4.98 Å². The molecule has 1 N–H and O–H groups in total. The molecule has 0 radical (unpaired) electrons. The summed E-state index contributed by atoms with van der Waals surface area (Å²) in [5.74, 6) is 0.254. The molecule has 0 aliphatic heterocycles. The van der Waals surface area contributed by atoms with E-state index in [-0.39, 0.29) is 5.91 Å². The summed E-state index contributed by atoms with van der Waals surface area (Å²) in [5, 5.41) is 4.49. The van der Waals surface area contributed by atoms with Crippen molar-refractivity contribution in [1.29, 1.82) is 0 Å². The van der Waals surface area contributed by atoms with Crippen LogP contribution in [0.5, 0.6) is 0 Å². The number of carbonyl (C=O) groups is 1. The fourth-order valence-corrected chi connectivity index (χ4v) is 2.25. The van der Waals surface area contributed by atoms with E-state index in [0.29, 0.717) is 11.4 Å². The number of halogens is 1. The maximum absolute atomic E-state index is 11.7. The molecule has 0 bridgehead atoms. The van der Waals surface area contributed by atoms with Gasteiger partial charge in [-0.05, 0) is 27.4 Å². The molecule has 0 saturated carbocycles. The topological polar surface area (TPSA) is 54.9 Å². The van der Waals surface area contributed by atoms with Gasteiger partial charge >= 0.3 is 0 Å². The van der Waals surface area contributed by atoms with Crippen LogP contribution >= 0.6 is 27.3 Å². The predicted molar refractivity (Wildman–Crippen MR) is 62.0 cm³/mol. The number of aromatic nitrogens is 2. The first-order valence-electron chi connectivity index (χ1n) is 4.08. The molecule has 15 heavy (non-hydrogen) atoms. The lowest BCUT2D eigenvalue weighted by molar-refractivity contribution is 0.102. The Bertz CT molecular complexity index is 471. The summed E-state index contributed by atoms with van der Waals surface area (Å²) in [6.07, 6.45) is 4.58. The molecule has 0 atom stereocenters. The summed E-state index contributed by atoms with van der Waals surface area (Å²) >= 11 is 4.76. The Morgan fingerprint density at radius 1 is 1.47 bits per heavy atom. The van der Waals surface area contributed by atoms with Gasteiger partial charge in [-0.3, -0.25) is 9.78 Å². The number of carbonyl (C=O) groups excluding carboxylic acids is 1. The molecule has 2 rings (SSSR count). The quantitative estimate of drug-likeness (QED) is 0.922. The van der Waals surface area contributed by atoms with E-state index in [1.165, 1.54) is 23.7 Å². The van der Waals surface area contributed by atoms with Crippen LogP contribution in [0.2, 0.25) is 0 Å². The molecule has 76 valence electrons. The van der Waals surface area contributed by atoms with Gasteiger partial charge in [0, 0.05) is 12.4 Å². The number of anilines is 1. The van der Waals surface area contributed by atoms with Crippen molar-refractivity contribution in [2.45, 2.75) is 0 Å². The van der Waals surface area contributed by atoms with Crippen molar-refractivity contribution in [3.63, 3.8) is 0 Å². The van der Waals surface area contributed by atoms with Crippen LogP contribution in [0.1, 0.15) is 10.4 Å². The van der Waals surface area contributed by atoms with Gasteiger partial charge in [-0.15, -0.1) is 11.3 Å². The average Bonchev–Trinajstić information content (AvgIpc) is 2.66. The van der Waals surface area contributed by atoms with E-state index in [9.17, 15) is 4.79 Å². The monoisotopic (exact) mass is 283 g/mol. The van der Waals surface area contributed by atoms with Gasteiger partial charge in [0.1, 0.15) is 0 Å². The molecule has 0 aliphatic rings. The van der Waals surface area contributed by atoms with Gasteiger partial charge in [0.05, 0.1) is 15.5 Å². The van der Waals surface area contributed by atoms with Crippen LogP contribution in [-0.2, 0) is 0 Å². The van der Waals surface area contributed by atoms with Crippen molar-refractivity contribution in [1.82, 2.24) is 9.97 Å². The number of nitrogens with one attached hydrogen (secondary N) is 1. The number of rotatable bonds is 2. The Balaban J connectivity index is 2.15. The van der Waals surface area contributed by atoms with Crippen LogP contribution in [0.3, 0.4) is 0 Å². The van der Waals surface area contributed by atoms with Gasteiger partial charge in [0.2, 0.25) is 0 Å². The molecule has 0 spiro atoms. The molecule has 6 heteroatoms. The van der Waals surface area contributed by atoms with E-state index in [4.69, 9.17) is 0 Å². The minimum absolute atomic E-state index is 0.191. The van der Waals surface area contributed by atoms with E-state index < -0.39 is 0 Å². The van der Waals surface area contributed by atoms with Crippen molar-refractivity contribution < 1.29 is 4.79 Å². The largest absolute Gasteiger partial charge is 0.305 e. The van der Waals surface area contributed by atoms with Crippen LogP contribution in [0, 0.1) is 0 Å². The summed E-state index contributed by atoms with van der Waals surface area (Å²) in [6.45, 7) is 0. The Hall–Kier alpha value is -1.27. The second kappa shape index (κ2) is 4.50. The lowest BCUT2D eigenvalue weighted by atomic mass is 10.3. The van der Waals surface area contributed by atoms with Crippen molar-refractivity contribution in [3.8, 4) is 0 Å². The first-order valence-corrected chi connectivity index (χ1v) is 5.75. The van der Waals surface area contributed by atoms with Crippen LogP contribution < -0.4 is 5.32 Å². The summed E-state index contributed by atoms with van der Waals surface area (Å²) in [4.78, 5) is 19.5. The lowest BCUT2D eigenvalue weighted by Crippen LogP contribution is -2.12. The first-order chi connectivity index (χ1) is 7.27. The normalized spacial score (nSPS) is 9.93. The third-order valence-electron chi connectivity index (χ3n) is 1.67. The highest BCUT2D eigenvalue weighted by atomic mass is 79.9. The Morgan fingerprint density at radius 3 is 2.93 bits per heavy atom. The van der Waals surface area contributed by atoms with E-state index in [1.54, 1.807) is 12.3 Å². The standard InChI is InChI=1S/C9H6BrN3OS/c10-8-6(1-4-15-8)9(14)13-7-5-11-2-3-12-7/h1-5H,(H,12,13,14). The van der Waals surface area contributed by atoms with Gasteiger partial charge in [0.15, 0.2) is 5.82 Å². The van der Waals surface area contributed by atoms with Crippen molar-refractivity contribution in [2.75, 3.05) is 5.32 Å². The molecular weight excluding hydrogens is 278 g/mol. The van der Waals surface area contributed by atoms with Gasteiger partial charge in [0.25, 0.3) is 5.91 Å². The summed E-state index contributed by atoms with van der Waals surface area (Å²) in [7, 11) is 0. The zero-order valence-corrected chi connectivity index (χ0v) is 9.88. The predicted octanol–water partition coefficient (Wildman–Crippen LogP) is 2.55. The van der Waals surface area contributed by atoms with Gasteiger partial charge < -0.3 is 5.32 Å². The molecule has 0 saturated heterocycles. The molecule has 2 aromatic rings. The molecule has 0 fully saturated rings. The number of hydrogen-bond donors (Lipinski definition) is 1. The van der Waals surface area contributed by atoms with E-state index in [1.807, 2.05) is 5.38 Å². The molecule has 2 aromatic heterocycles. The zero-order valence-electron chi connectivity index (χ0n) is 7.48. The Kier molecular flexibility index (Phi) is 3.08. The van der Waals surface area contributed by atoms with E-state index in [0.717, 1.165) is 3.79 Å². The highest BCUT2D eigenvalue weighted by molar-refractivity contribution is 9.11. The molecule has 4 nitrogen and oxygen atoms in total. The third-order valence-corrected chi connectivity index (χ3v) is 3.35. The van der Waals surface area contributed by atoms with Crippen molar-refractivity contribution in [2.24, 2.45) is 0 Å². The third kappa shape index (κ3) is 2.40. The van der Waals surface area contributed by atoms with E-state index in [2.05, 4.69) is 31.2 Å². The SMILES string of the molecule is O=C(Nc1cnccn1)c1ccsc1Br. The van der Waals surface area contributed by atoms with Crippen molar-refractivity contribution >= 4 is 39.0 Å². The smallest absolute Gasteiger partial charge is 0.258 e. The summed E-state index contributed by atoms with van der Waals surface area (Å²) in [5.41, 5.74) is 0.602. The molecule has 2 heterocycles. The fraction of sp³-hybridized carbons (Fsp3) is 0. The maximum atomic E-state index is 11.7. The summed E-state index contributed by atoms with van der Waals surface area (Å²) < 4.78 is 0.809. The number of amides is 1. The van der Waals surface area contributed by atoms with Crippen LogP contribution in [0.15, 0.2) is 33.8 Å². The minimum Gasteiger partial charge on any atom is -0.305 e. The summed E-state index contributed by atoms with van der Waals surface area (Å²) in [6, 6.07) is 1.75. The molecule has 0 aromatic carbocycles. The highest BCUT2D eigenvalue weighted by Gasteiger charge is 2.11.